The van der Waals surface area contributed by atoms with Crippen molar-refractivity contribution in [3.8, 4) is 0 Å². The highest BCUT2D eigenvalue weighted by Gasteiger charge is 2.57. The van der Waals surface area contributed by atoms with Crippen molar-refractivity contribution in [1.29, 1.82) is 0 Å². The number of halogens is 3. The van der Waals surface area contributed by atoms with Crippen LogP contribution in [0.2, 0.25) is 0 Å². The molecule has 2 aliphatic rings. The van der Waals surface area contributed by atoms with E-state index in [2.05, 4.69) is 25.7 Å². The summed E-state index contributed by atoms with van der Waals surface area (Å²) in [6.07, 6.45) is 0.136. The van der Waals surface area contributed by atoms with E-state index in [0.717, 1.165) is 19.0 Å². The second kappa shape index (κ2) is 6.08. The van der Waals surface area contributed by atoms with Crippen LogP contribution in [0, 0.1) is 12.3 Å². The standard InChI is InChI=1S/C17H20F3N7O/c1-8-11(7-27(26-8)12-5-16(12,2)14(21)28)24-15-22-6-10(17(18,19)20)13(25-15)23-9-3-4-9/h6-7,9,12H,3-5H2,1-2H3,(H2,21,28)(H2,22,23,24,25)/t12?,16-/m0/s1. The summed E-state index contributed by atoms with van der Waals surface area (Å²) >= 11 is 0. The van der Waals surface area contributed by atoms with Gasteiger partial charge < -0.3 is 16.4 Å². The minimum atomic E-state index is -4.54. The Bertz CT molecular complexity index is 937. The zero-order valence-electron chi connectivity index (χ0n) is 15.3. The Morgan fingerprint density at radius 2 is 2.11 bits per heavy atom. The summed E-state index contributed by atoms with van der Waals surface area (Å²) in [6, 6.07) is -0.130. The number of carbonyl (C=O) groups is 1. The summed E-state index contributed by atoms with van der Waals surface area (Å²) < 4.78 is 41.2. The van der Waals surface area contributed by atoms with Gasteiger partial charge in [0.05, 0.1) is 22.8 Å². The first-order chi connectivity index (χ1) is 13.1. The number of carbonyl (C=O) groups excluding carboxylic acids is 1. The Morgan fingerprint density at radius 3 is 2.68 bits per heavy atom. The second-order valence-corrected chi connectivity index (χ2v) is 7.61. The average Bonchev–Trinajstić information content (AvgIpc) is 3.49. The van der Waals surface area contributed by atoms with Crippen LogP contribution in [-0.2, 0) is 11.0 Å². The number of nitrogens with one attached hydrogen (secondary N) is 2. The van der Waals surface area contributed by atoms with Gasteiger partial charge in [-0.05, 0) is 33.1 Å². The van der Waals surface area contributed by atoms with E-state index in [1.807, 2.05) is 0 Å². The zero-order valence-corrected chi connectivity index (χ0v) is 15.3. The number of aryl methyl sites for hydroxylation is 1. The fourth-order valence-electron chi connectivity index (χ4n) is 3.06. The molecule has 2 aliphatic carbocycles. The van der Waals surface area contributed by atoms with Crippen molar-refractivity contribution in [2.45, 2.75) is 51.4 Å². The van der Waals surface area contributed by atoms with Crippen LogP contribution < -0.4 is 16.4 Å². The third-order valence-corrected chi connectivity index (χ3v) is 5.25. The Kier molecular flexibility index (Phi) is 4.02. The van der Waals surface area contributed by atoms with Gasteiger partial charge in [0.15, 0.2) is 0 Å². The molecule has 11 heteroatoms. The van der Waals surface area contributed by atoms with Gasteiger partial charge in [-0.2, -0.15) is 23.3 Å². The fourth-order valence-corrected chi connectivity index (χ4v) is 3.06. The van der Waals surface area contributed by atoms with E-state index in [4.69, 9.17) is 5.73 Å². The van der Waals surface area contributed by atoms with Gasteiger partial charge in [0, 0.05) is 18.4 Å². The Hall–Kier alpha value is -2.85. The average molecular weight is 395 g/mol. The monoisotopic (exact) mass is 395 g/mol. The fraction of sp³-hybridized carbons (Fsp3) is 0.529. The maximum Gasteiger partial charge on any atom is 0.421 e. The van der Waals surface area contributed by atoms with E-state index in [-0.39, 0.29) is 29.8 Å². The molecule has 150 valence electrons. The summed E-state index contributed by atoms with van der Waals surface area (Å²) in [5.74, 6) is -0.588. The van der Waals surface area contributed by atoms with Crippen molar-refractivity contribution < 1.29 is 18.0 Å². The number of nitrogens with two attached hydrogens (primary N) is 1. The molecule has 2 aromatic heterocycles. The molecule has 0 aliphatic heterocycles. The second-order valence-electron chi connectivity index (χ2n) is 7.61. The predicted molar refractivity (Wildman–Crippen MR) is 94.9 cm³/mol. The van der Waals surface area contributed by atoms with Crippen LogP contribution in [-0.4, -0.2) is 31.7 Å². The lowest BCUT2D eigenvalue weighted by Gasteiger charge is -2.14. The van der Waals surface area contributed by atoms with Gasteiger partial charge in [0.2, 0.25) is 11.9 Å². The number of amides is 1. The van der Waals surface area contributed by atoms with E-state index in [1.165, 1.54) is 0 Å². The minimum Gasteiger partial charge on any atom is -0.369 e. The molecule has 0 aromatic carbocycles. The summed E-state index contributed by atoms with van der Waals surface area (Å²) in [5, 5.41) is 10.1. The van der Waals surface area contributed by atoms with Crippen molar-refractivity contribution >= 4 is 23.4 Å². The van der Waals surface area contributed by atoms with E-state index in [1.54, 1.807) is 24.7 Å². The molecule has 2 atom stereocenters. The van der Waals surface area contributed by atoms with E-state index < -0.39 is 17.2 Å². The molecule has 2 fully saturated rings. The highest BCUT2D eigenvalue weighted by molar-refractivity contribution is 5.84. The number of alkyl halides is 3. The highest BCUT2D eigenvalue weighted by atomic mass is 19.4. The Labute approximate surface area is 158 Å². The smallest absolute Gasteiger partial charge is 0.369 e. The SMILES string of the molecule is Cc1nn(C2C[C@]2(C)C(N)=O)cc1Nc1ncc(C(F)(F)F)c(NC2CC2)n1. The summed E-state index contributed by atoms with van der Waals surface area (Å²) in [6.45, 7) is 3.52. The van der Waals surface area contributed by atoms with Gasteiger partial charge in [0.25, 0.3) is 0 Å². The van der Waals surface area contributed by atoms with Crippen LogP contribution in [0.3, 0.4) is 0 Å². The van der Waals surface area contributed by atoms with Crippen molar-refractivity contribution in [2.75, 3.05) is 10.6 Å². The Balaban J connectivity index is 1.57. The number of hydrogen-bond acceptors (Lipinski definition) is 6. The number of rotatable bonds is 6. The topological polar surface area (TPSA) is 111 Å². The molecule has 0 bridgehead atoms. The molecule has 0 saturated heterocycles. The van der Waals surface area contributed by atoms with Crippen LogP contribution in [0.5, 0.6) is 0 Å². The van der Waals surface area contributed by atoms with Crippen LogP contribution in [0.15, 0.2) is 12.4 Å². The third-order valence-electron chi connectivity index (χ3n) is 5.25. The largest absolute Gasteiger partial charge is 0.421 e. The lowest BCUT2D eigenvalue weighted by atomic mass is 10.1. The quantitative estimate of drug-likeness (QED) is 0.694. The van der Waals surface area contributed by atoms with Crippen molar-refractivity contribution in [3.63, 3.8) is 0 Å². The number of aromatic nitrogens is 4. The Morgan fingerprint density at radius 1 is 1.39 bits per heavy atom. The first-order valence-electron chi connectivity index (χ1n) is 8.91. The predicted octanol–water partition coefficient (Wildman–Crippen LogP) is 2.75. The van der Waals surface area contributed by atoms with E-state index in [0.29, 0.717) is 17.8 Å². The van der Waals surface area contributed by atoms with Gasteiger partial charge in [-0.25, -0.2) is 4.98 Å². The van der Waals surface area contributed by atoms with Crippen LogP contribution in [0.4, 0.5) is 30.6 Å². The number of nitrogens with zero attached hydrogens (tertiary/aromatic N) is 4. The maximum atomic E-state index is 13.2. The third kappa shape index (κ3) is 3.36. The lowest BCUT2D eigenvalue weighted by molar-refractivity contribution is -0.137. The molecule has 1 unspecified atom stereocenters. The van der Waals surface area contributed by atoms with Crippen LogP contribution in [0.25, 0.3) is 0 Å². The molecule has 2 aromatic rings. The molecule has 4 N–H and O–H groups in total. The molecule has 0 radical (unpaired) electrons. The molecule has 8 nitrogen and oxygen atoms in total. The summed E-state index contributed by atoms with van der Waals surface area (Å²) in [5.41, 5.74) is 5.05. The normalized spacial score (nSPS) is 24.1. The highest BCUT2D eigenvalue weighted by Crippen LogP contribution is 2.55. The van der Waals surface area contributed by atoms with Crippen molar-refractivity contribution in [1.82, 2.24) is 19.7 Å². The van der Waals surface area contributed by atoms with E-state index >= 15 is 0 Å². The molecule has 2 saturated carbocycles. The molecule has 2 heterocycles. The van der Waals surface area contributed by atoms with Gasteiger partial charge >= 0.3 is 6.18 Å². The first-order valence-corrected chi connectivity index (χ1v) is 8.91. The van der Waals surface area contributed by atoms with Gasteiger partial charge in [0.1, 0.15) is 11.4 Å². The van der Waals surface area contributed by atoms with Crippen LogP contribution in [0.1, 0.15) is 43.5 Å². The van der Waals surface area contributed by atoms with Gasteiger partial charge in [-0.1, -0.05) is 0 Å². The molecular formula is C17H20F3N7O. The maximum absolute atomic E-state index is 13.2. The van der Waals surface area contributed by atoms with Crippen molar-refractivity contribution in [2.24, 2.45) is 11.1 Å². The summed E-state index contributed by atoms with van der Waals surface area (Å²) in [4.78, 5) is 19.4. The molecule has 4 rings (SSSR count). The van der Waals surface area contributed by atoms with Crippen LogP contribution >= 0.6 is 0 Å². The molecule has 0 spiro atoms. The van der Waals surface area contributed by atoms with Gasteiger partial charge in [-0.3, -0.25) is 9.48 Å². The van der Waals surface area contributed by atoms with Crippen molar-refractivity contribution in [3.05, 3.63) is 23.7 Å². The van der Waals surface area contributed by atoms with E-state index in [9.17, 15) is 18.0 Å². The zero-order chi connectivity index (χ0) is 20.3. The van der Waals surface area contributed by atoms with Gasteiger partial charge in [-0.15, -0.1) is 0 Å². The summed E-state index contributed by atoms with van der Waals surface area (Å²) in [7, 11) is 0. The first kappa shape index (κ1) is 18.5. The lowest BCUT2D eigenvalue weighted by Crippen LogP contribution is -2.24. The molecule has 28 heavy (non-hydrogen) atoms. The number of anilines is 3. The minimum absolute atomic E-state index is 0.00896. The molecular weight excluding hydrogens is 375 g/mol. The molecule has 1 amide bonds. The number of primary amides is 1. The number of hydrogen-bond donors (Lipinski definition) is 3.